The van der Waals surface area contributed by atoms with Gasteiger partial charge in [0.1, 0.15) is 12.6 Å². The summed E-state index contributed by atoms with van der Waals surface area (Å²) in [5.41, 5.74) is 1.13. The van der Waals surface area contributed by atoms with Gasteiger partial charge in [-0.1, -0.05) is 0 Å². The lowest BCUT2D eigenvalue weighted by Gasteiger charge is -1.99. The van der Waals surface area contributed by atoms with E-state index in [-0.39, 0.29) is 6.61 Å². The molecule has 0 atom stereocenters. The highest BCUT2D eigenvalue weighted by Gasteiger charge is 2.11. The molecule has 0 spiro atoms. The lowest BCUT2D eigenvalue weighted by Crippen LogP contribution is -2.29. The zero-order valence-electron chi connectivity index (χ0n) is 7.65. The molecule has 1 aromatic heterocycles. The Labute approximate surface area is 76.4 Å². The normalized spacial score (nSPS) is 9.77. The lowest BCUT2D eigenvalue weighted by molar-refractivity contribution is -0.672. The Morgan fingerprint density at radius 2 is 2.31 bits per heavy atom. The fourth-order valence-corrected chi connectivity index (χ4v) is 1.11. The molecule has 4 heteroatoms. The van der Waals surface area contributed by atoms with Crippen LogP contribution in [0.2, 0.25) is 0 Å². The zero-order chi connectivity index (χ0) is 9.84. The molecule has 0 aliphatic rings. The summed E-state index contributed by atoms with van der Waals surface area (Å²) in [6.07, 6.45) is 3.39. The number of aromatic nitrogens is 1. The number of hydrogen-bond acceptors (Lipinski definition) is 3. The van der Waals surface area contributed by atoms with E-state index >= 15 is 0 Å². The van der Waals surface area contributed by atoms with Crippen LogP contribution in [0.4, 0.5) is 0 Å². The van der Waals surface area contributed by atoms with Crippen LogP contribution in [0, 0.1) is 0 Å². The van der Waals surface area contributed by atoms with Crippen LogP contribution >= 0.6 is 0 Å². The highest BCUT2D eigenvalue weighted by molar-refractivity contribution is 5.88. The summed E-state index contributed by atoms with van der Waals surface area (Å²) < 4.78 is 6.26. The molecule has 0 aliphatic heterocycles. The van der Waals surface area contributed by atoms with Crippen LogP contribution in [-0.2, 0) is 18.4 Å². The second-order valence-electron chi connectivity index (χ2n) is 2.75. The first-order valence-corrected chi connectivity index (χ1v) is 3.85. The Balaban J connectivity index is 3.08. The number of pyridine rings is 1. The van der Waals surface area contributed by atoms with Crippen LogP contribution in [-0.4, -0.2) is 18.2 Å². The smallest absolute Gasteiger partial charge is 0.343 e. The second-order valence-corrected chi connectivity index (χ2v) is 2.75. The number of aliphatic hydroxyl groups is 1. The van der Waals surface area contributed by atoms with Crippen molar-refractivity contribution in [2.75, 3.05) is 7.11 Å². The molecule has 0 bridgehead atoms. The monoisotopic (exact) mass is 182 g/mol. The van der Waals surface area contributed by atoms with Gasteiger partial charge in [0.15, 0.2) is 12.4 Å². The number of methoxy groups -OCH3 is 1. The molecular formula is C9H12NO3+. The van der Waals surface area contributed by atoms with Gasteiger partial charge in [0.25, 0.3) is 0 Å². The number of carbonyl (C=O) groups is 1. The number of rotatable bonds is 2. The molecule has 1 aromatic rings. The van der Waals surface area contributed by atoms with Gasteiger partial charge in [-0.05, 0) is 6.07 Å². The van der Waals surface area contributed by atoms with Crippen LogP contribution < -0.4 is 4.57 Å². The summed E-state index contributed by atoms with van der Waals surface area (Å²) in [4.78, 5) is 11.1. The molecule has 1 heterocycles. The van der Waals surface area contributed by atoms with Crippen molar-refractivity contribution in [3.63, 3.8) is 0 Å². The Hall–Kier alpha value is -1.42. The highest BCUT2D eigenvalue weighted by atomic mass is 16.5. The molecular weight excluding hydrogens is 170 g/mol. The minimum absolute atomic E-state index is 0.0846. The topological polar surface area (TPSA) is 50.4 Å². The zero-order valence-corrected chi connectivity index (χ0v) is 7.65. The van der Waals surface area contributed by atoms with Gasteiger partial charge in [-0.3, -0.25) is 0 Å². The first-order valence-electron chi connectivity index (χ1n) is 3.85. The Morgan fingerprint density at radius 3 is 2.85 bits per heavy atom. The number of esters is 1. The average Bonchev–Trinajstić information content (AvgIpc) is 2.15. The molecule has 70 valence electrons. The van der Waals surface area contributed by atoms with E-state index in [1.807, 2.05) is 0 Å². The van der Waals surface area contributed by atoms with E-state index in [1.54, 1.807) is 30.1 Å². The van der Waals surface area contributed by atoms with E-state index in [0.29, 0.717) is 11.1 Å². The van der Waals surface area contributed by atoms with Crippen molar-refractivity contribution in [2.45, 2.75) is 6.61 Å². The van der Waals surface area contributed by atoms with Crippen LogP contribution in [0.5, 0.6) is 0 Å². The number of aryl methyl sites for hydroxylation is 1. The number of nitrogens with zero attached hydrogens (tertiary/aromatic N) is 1. The second kappa shape index (κ2) is 4.00. The van der Waals surface area contributed by atoms with Gasteiger partial charge in [0.05, 0.1) is 13.7 Å². The van der Waals surface area contributed by atoms with E-state index in [9.17, 15) is 4.79 Å². The molecule has 13 heavy (non-hydrogen) atoms. The first-order chi connectivity index (χ1) is 6.17. The standard InChI is InChI=1S/C9H12NO3/c1-10-4-7(6-11)3-8(5-10)9(12)13-2/h3-5,11H,6H2,1-2H3/q+1. The molecule has 0 unspecified atom stereocenters. The van der Waals surface area contributed by atoms with E-state index in [4.69, 9.17) is 5.11 Å². The van der Waals surface area contributed by atoms with Crippen LogP contribution in [0.25, 0.3) is 0 Å². The van der Waals surface area contributed by atoms with Crippen molar-refractivity contribution in [1.29, 1.82) is 0 Å². The third-order valence-electron chi connectivity index (χ3n) is 1.66. The molecule has 4 nitrogen and oxygen atoms in total. The molecule has 0 amide bonds. The highest BCUT2D eigenvalue weighted by Crippen LogP contribution is 2.02. The van der Waals surface area contributed by atoms with Crippen molar-refractivity contribution in [3.05, 3.63) is 29.6 Å². The lowest BCUT2D eigenvalue weighted by atomic mass is 10.2. The number of ether oxygens (including phenoxy) is 1. The quantitative estimate of drug-likeness (QED) is 0.508. The van der Waals surface area contributed by atoms with Gasteiger partial charge in [-0.15, -0.1) is 0 Å². The maximum absolute atomic E-state index is 11.1. The summed E-state index contributed by atoms with van der Waals surface area (Å²) in [6.45, 7) is -0.0846. The minimum atomic E-state index is -0.397. The third kappa shape index (κ3) is 2.26. The fraction of sp³-hybridized carbons (Fsp3) is 0.333. The molecule has 0 saturated carbocycles. The Morgan fingerprint density at radius 1 is 1.62 bits per heavy atom. The van der Waals surface area contributed by atoms with Gasteiger partial charge in [0, 0.05) is 5.56 Å². The minimum Gasteiger partial charge on any atom is -0.465 e. The molecule has 0 saturated heterocycles. The molecule has 0 radical (unpaired) electrons. The number of carbonyl (C=O) groups excluding carboxylic acids is 1. The predicted molar refractivity (Wildman–Crippen MR) is 44.9 cm³/mol. The molecule has 1 rings (SSSR count). The van der Waals surface area contributed by atoms with Crippen molar-refractivity contribution in [3.8, 4) is 0 Å². The van der Waals surface area contributed by atoms with E-state index in [1.165, 1.54) is 7.11 Å². The molecule has 0 aromatic carbocycles. The average molecular weight is 182 g/mol. The van der Waals surface area contributed by atoms with Gasteiger partial charge >= 0.3 is 5.97 Å². The maximum Gasteiger partial charge on any atom is 0.343 e. The maximum atomic E-state index is 11.1. The van der Waals surface area contributed by atoms with E-state index in [0.717, 1.165) is 0 Å². The van der Waals surface area contributed by atoms with Gasteiger partial charge < -0.3 is 9.84 Å². The van der Waals surface area contributed by atoms with Gasteiger partial charge in [0.2, 0.25) is 0 Å². The third-order valence-corrected chi connectivity index (χ3v) is 1.66. The Kier molecular flexibility index (Phi) is 2.97. The van der Waals surface area contributed by atoms with Gasteiger partial charge in [-0.25, -0.2) is 9.36 Å². The summed E-state index contributed by atoms with van der Waals surface area (Å²) in [7, 11) is 3.11. The van der Waals surface area contributed by atoms with E-state index < -0.39 is 5.97 Å². The summed E-state index contributed by atoms with van der Waals surface area (Å²) in [5, 5.41) is 8.88. The predicted octanol–water partition coefficient (Wildman–Crippen LogP) is -0.210. The molecule has 1 N–H and O–H groups in total. The molecule has 0 aliphatic carbocycles. The van der Waals surface area contributed by atoms with Crippen molar-refractivity contribution in [1.82, 2.24) is 0 Å². The summed E-state index contributed by atoms with van der Waals surface area (Å²) in [5.74, 6) is -0.397. The summed E-state index contributed by atoms with van der Waals surface area (Å²) in [6, 6.07) is 1.60. The number of hydrogen-bond donors (Lipinski definition) is 1. The molecule has 0 fully saturated rings. The van der Waals surface area contributed by atoms with Crippen LogP contribution in [0.1, 0.15) is 15.9 Å². The Bertz CT molecular complexity index is 323. The van der Waals surface area contributed by atoms with Crippen LogP contribution in [0.15, 0.2) is 18.5 Å². The van der Waals surface area contributed by atoms with Crippen LogP contribution in [0.3, 0.4) is 0 Å². The van der Waals surface area contributed by atoms with Crippen molar-refractivity contribution >= 4 is 5.97 Å². The number of aliphatic hydroxyl groups excluding tert-OH is 1. The van der Waals surface area contributed by atoms with E-state index in [2.05, 4.69) is 4.74 Å². The SMILES string of the molecule is COC(=O)c1cc(CO)c[n+](C)c1. The van der Waals surface area contributed by atoms with Crippen molar-refractivity contribution in [2.24, 2.45) is 7.05 Å². The summed E-state index contributed by atoms with van der Waals surface area (Å²) >= 11 is 0. The largest absolute Gasteiger partial charge is 0.465 e. The van der Waals surface area contributed by atoms with Crippen molar-refractivity contribution < 1.29 is 19.2 Å². The first kappa shape index (κ1) is 9.67. The fourth-order valence-electron chi connectivity index (χ4n) is 1.11. The van der Waals surface area contributed by atoms with Gasteiger partial charge in [-0.2, -0.15) is 0 Å².